The maximum atomic E-state index is 5.35. The average Bonchev–Trinajstić information content (AvgIpc) is 2.92. The van der Waals surface area contributed by atoms with Gasteiger partial charge in [0.05, 0.1) is 6.61 Å². The molecule has 6 nitrogen and oxygen atoms in total. The van der Waals surface area contributed by atoms with E-state index < -0.39 is 0 Å². The Morgan fingerprint density at radius 3 is 2.60 bits per heavy atom. The van der Waals surface area contributed by atoms with Crippen LogP contribution in [0.5, 0.6) is 6.01 Å². The van der Waals surface area contributed by atoms with Crippen molar-refractivity contribution in [2.45, 2.75) is 20.3 Å². The highest BCUT2D eigenvalue weighted by Crippen LogP contribution is 2.12. The minimum Gasteiger partial charge on any atom is -0.464 e. The average molecular weight is 293 g/mol. The van der Waals surface area contributed by atoms with Gasteiger partial charge in [0.2, 0.25) is 11.9 Å². The van der Waals surface area contributed by atoms with E-state index in [4.69, 9.17) is 4.74 Å². The number of hydrogen-bond acceptors (Lipinski definition) is 7. The second-order valence-corrected chi connectivity index (χ2v) is 5.02. The van der Waals surface area contributed by atoms with E-state index in [0.717, 1.165) is 19.5 Å². The quantitative estimate of drug-likeness (QED) is 0.779. The lowest BCUT2D eigenvalue weighted by Crippen LogP contribution is -2.12. The standard InChI is InChI=1S/C13H19N5OS/c1-3-14-11-16-12(18-13(17-11)19-4-2)15-8-7-10-6-5-9-20-10/h5-6,9H,3-4,7-8H2,1-2H3,(H2,14,15,16,17,18). The molecule has 0 aliphatic rings. The van der Waals surface area contributed by atoms with Gasteiger partial charge in [0.25, 0.3) is 0 Å². The van der Waals surface area contributed by atoms with E-state index in [1.807, 2.05) is 13.8 Å². The summed E-state index contributed by atoms with van der Waals surface area (Å²) in [6.45, 7) is 5.96. The van der Waals surface area contributed by atoms with E-state index >= 15 is 0 Å². The molecule has 2 aromatic rings. The Bertz CT molecular complexity index is 493. The zero-order valence-electron chi connectivity index (χ0n) is 11.7. The predicted octanol–water partition coefficient (Wildman–Crippen LogP) is 2.42. The fourth-order valence-corrected chi connectivity index (χ4v) is 2.33. The summed E-state index contributed by atoms with van der Waals surface area (Å²) in [4.78, 5) is 14.0. The molecule has 2 heterocycles. The van der Waals surface area contributed by atoms with Crippen LogP contribution in [-0.4, -0.2) is 34.6 Å². The van der Waals surface area contributed by atoms with Gasteiger partial charge >= 0.3 is 6.01 Å². The van der Waals surface area contributed by atoms with Gasteiger partial charge in [0.1, 0.15) is 0 Å². The first-order chi connectivity index (χ1) is 9.81. The molecule has 0 saturated carbocycles. The summed E-state index contributed by atoms with van der Waals surface area (Å²) in [5.74, 6) is 1.07. The van der Waals surface area contributed by atoms with Crippen molar-refractivity contribution in [1.82, 2.24) is 15.0 Å². The summed E-state index contributed by atoms with van der Waals surface area (Å²) in [6, 6.07) is 4.52. The van der Waals surface area contributed by atoms with Gasteiger partial charge in [-0.05, 0) is 31.7 Å². The Balaban J connectivity index is 1.97. The van der Waals surface area contributed by atoms with Crippen molar-refractivity contribution >= 4 is 23.2 Å². The molecule has 2 rings (SSSR count). The van der Waals surface area contributed by atoms with Crippen LogP contribution in [-0.2, 0) is 6.42 Å². The van der Waals surface area contributed by atoms with Gasteiger partial charge in [0, 0.05) is 18.0 Å². The third kappa shape index (κ3) is 4.34. The van der Waals surface area contributed by atoms with Crippen LogP contribution < -0.4 is 15.4 Å². The Morgan fingerprint density at radius 2 is 1.95 bits per heavy atom. The van der Waals surface area contributed by atoms with Crippen LogP contribution in [0.4, 0.5) is 11.9 Å². The molecule has 0 saturated heterocycles. The molecule has 0 bridgehead atoms. The molecule has 0 unspecified atom stereocenters. The first kappa shape index (κ1) is 14.5. The fraction of sp³-hybridized carbons (Fsp3) is 0.462. The summed E-state index contributed by atoms with van der Waals surface area (Å²) in [7, 11) is 0. The number of aromatic nitrogens is 3. The second-order valence-electron chi connectivity index (χ2n) is 3.98. The molecule has 0 aromatic carbocycles. The molecular formula is C13H19N5OS. The molecule has 0 radical (unpaired) electrons. The zero-order valence-corrected chi connectivity index (χ0v) is 12.5. The minimum absolute atomic E-state index is 0.345. The second kappa shape index (κ2) is 7.64. The molecule has 108 valence electrons. The van der Waals surface area contributed by atoms with E-state index in [0.29, 0.717) is 24.5 Å². The number of rotatable bonds is 8. The SMILES string of the molecule is CCNc1nc(NCCc2cccs2)nc(OCC)n1. The van der Waals surface area contributed by atoms with Crippen molar-refractivity contribution in [3.63, 3.8) is 0 Å². The monoisotopic (exact) mass is 293 g/mol. The van der Waals surface area contributed by atoms with Gasteiger partial charge in [-0.1, -0.05) is 6.07 Å². The lowest BCUT2D eigenvalue weighted by molar-refractivity contribution is 0.312. The van der Waals surface area contributed by atoms with Crippen molar-refractivity contribution in [2.75, 3.05) is 30.3 Å². The highest BCUT2D eigenvalue weighted by Gasteiger charge is 2.06. The molecule has 7 heteroatoms. The molecule has 0 amide bonds. The van der Waals surface area contributed by atoms with Crippen molar-refractivity contribution in [1.29, 1.82) is 0 Å². The van der Waals surface area contributed by atoms with Gasteiger partial charge in [-0.15, -0.1) is 11.3 Å². The molecule has 0 fully saturated rings. The molecule has 0 aliphatic carbocycles. The summed E-state index contributed by atoms with van der Waals surface area (Å²) in [6.07, 6.45) is 0.948. The van der Waals surface area contributed by atoms with Crippen molar-refractivity contribution in [3.05, 3.63) is 22.4 Å². The van der Waals surface area contributed by atoms with Crippen LogP contribution in [0.25, 0.3) is 0 Å². The van der Waals surface area contributed by atoms with Gasteiger partial charge in [-0.3, -0.25) is 0 Å². The third-order valence-electron chi connectivity index (χ3n) is 2.46. The van der Waals surface area contributed by atoms with E-state index in [1.54, 1.807) is 11.3 Å². The number of anilines is 2. The number of nitrogens with zero attached hydrogens (tertiary/aromatic N) is 3. The Labute approximate surface area is 122 Å². The molecule has 2 N–H and O–H groups in total. The third-order valence-corrected chi connectivity index (χ3v) is 3.39. The van der Waals surface area contributed by atoms with Crippen LogP contribution in [0.1, 0.15) is 18.7 Å². The Hall–Kier alpha value is -1.89. The fourth-order valence-electron chi connectivity index (χ4n) is 1.62. The van der Waals surface area contributed by atoms with Crippen molar-refractivity contribution < 1.29 is 4.74 Å². The summed E-state index contributed by atoms with van der Waals surface area (Å²) >= 11 is 1.75. The number of hydrogen-bond donors (Lipinski definition) is 2. The summed E-state index contributed by atoms with van der Waals surface area (Å²) < 4.78 is 5.35. The predicted molar refractivity (Wildman–Crippen MR) is 81.7 cm³/mol. The normalized spacial score (nSPS) is 10.3. The molecule has 0 spiro atoms. The lowest BCUT2D eigenvalue weighted by Gasteiger charge is -2.09. The van der Waals surface area contributed by atoms with E-state index in [9.17, 15) is 0 Å². The van der Waals surface area contributed by atoms with Crippen LogP contribution >= 0.6 is 11.3 Å². The Kier molecular flexibility index (Phi) is 5.55. The first-order valence-corrected chi connectivity index (χ1v) is 7.58. The van der Waals surface area contributed by atoms with Crippen molar-refractivity contribution in [2.24, 2.45) is 0 Å². The van der Waals surface area contributed by atoms with E-state index in [2.05, 4.69) is 43.1 Å². The maximum absolute atomic E-state index is 5.35. The van der Waals surface area contributed by atoms with Gasteiger partial charge in [-0.25, -0.2) is 0 Å². The largest absolute Gasteiger partial charge is 0.464 e. The number of thiophene rings is 1. The topological polar surface area (TPSA) is 72.0 Å². The Morgan fingerprint density at radius 1 is 1.15 bits per heavy atom. The maximum Gasteiger partial charge on any atom is 0.323 e. The lowest BCUT2D eigenvalue weighted by atomic mass is 10.3. The highest BCUT2D eigenvalue weighted by atomic mass is 32.1. The van der Waals surface area contributed by atoms with Gasteiger partial charge in [-0.2, -0.15) is 15.0 Å². The molecule has 20 heavy (non-hydrogen) atoms. The molecule has 0 aliphatic heterocycles. The molecule has 2 aromatic heterocycles. The van der Waals surface area contributed by atoms with E-state index in [-0.39, 0.29) is 0 Å². The summed E-state index contributed by atoms with van der Waals surface area (Å²) in [5.41, 5.74) is 0. The molecular weight excluding hydrogens is 274 g/mol. The molecule has 0 atom stereocenters. The summed E-state index contributed by atoms with van der Waals surface area (Å²) in [5, 5.41) is 8.35. The zero-order chi connectivity index (χ0) is 14.2. The number of nitrogens with one attached hydrogen (secondary N) is 2. The van der Waals surface area contributed by atoms with Crippen LogP contribution in [0.3, 0.4) is 0 Å². The van der Waals surface area contributed by atoms with Crippen LogP contribution in [0, 0.1) is 0 Å². The van der Waals surface area contributed by atoms with E-state index in [1.165, 1.54) is 4.88 Å². The smallest absolute Gasteiger partial charge is 0.323 e. The highest BCUT2D eigenvalue weighted by molar-refractivity contribution is 7.09. The van der Waals surface area contributed by atoms with Gasteiger partial charge in [0.15, 0.2) is 0 Å². The van der Waals surface area contributed by atoms with Crippen molar-refractivity contribution in [3.8, 4) is 6.01 Å². The number of ether oxygens (including phenoxy) is 1. The van der Waals surface area contributed by atoms with Gasteiger partial charge < -0.3 is 15.4 Å². The van der Waals surface area contributed by atoms with Crippen LogP contribution in [0.2, 0.25) is 0 Å². The minimum atomic E-state index is 0.345. The first-order valence-electron chi connectivity index (χ1n) is 6.70. The van der Waals surface area contributed by atoms with Crippen LogP contribution in [0.15, 0.2) is 17.5 Å².